The number of thioether (sulfide) groups is 1. The smallest absolute Gasteiger partial charge is 0.164 e. The molecule has 252 valence electrons. The van der Waals surface area contributed by atoms with Crippen LogP contribution in [0.2, 0.25) is 0 Å². The number of nitrogens with zero attached hydrogens (tertiary/aromatic N) is 4. The predicted molar refractivity (Wildman–Crippen MR) is 180 cm³/mol. The van der Waals surface area contributed by atoms with E-state index in [2.05, 4.69) is 67.5 Å². The van der Waals surface area contributed by atoms with E-state index >= 15 is 0 Å². The van der Waals surface area contributed by atoms with E-state index in [1.54, 1.807) is 6.20 Å². The third-order valence-electron chi connectivity index (χ3n) is 9.75. The Bertz CT molecular complexity index is 1130. The minimum absolute atomic E-state index is 0.0207. The van der Waals surface area contributed by atoms with E-state index in [1.807, 2.05) is 38.1 Å². The van der Waals surface area contributed by atoms with Crippen molar-refractivity contribution >= 4 is 32.9 Å². The van der Waals surface area contributed by atoms with E-state index in [-0.39, 0.29) is 35.3 Å². The van der Waals surface area contributed by atoms with Gasteiger partial charge >= 0.3 is 0 Å². The molecule has 4 fully saturated rings. The molecule has 3 saturated heterocycles. The largest absolute Gasteiger partial charge is 0.375 e. The fraction of sp³-hybridized carbons (Fsp3) is 0.897. The molecule has 0 radical (unpaired) electrons. The summed E-state index contributed by atoms with van der Waals surface area (Å²) < 4.78 is 32.6. The zero-order valence-electron chi connectivity index (χ0n) is 27.3. The van der Waals surface area contributed by atoms with Crippen LogP contribution in [0.5, 0.6) is 0 Å². The van der Waals surface area contributed by atoms with Crippen LogP contribution in [0.1, 0.15) is 57.9 Å². The van der Waals surface area contributed by atoms with Gasteiger partial charge in [0.25, 0.3) is 0 Å². The second-order valence-corrected chi connectivity index (χ2v) is 18.7. The van der Waals surface area contributed by atoms with Gasteiger partial charge in [0.2, 0.25) is 0 Å². The van der Waals surface area contributed by atoms with Gasteiger partial charge in [-0.3, -0.25) is 31.2 Å². The summed E-state index contributed by atoms with van der Waals surface area (Å²) in [6.07, 6.45) is 5.93. The Morgan fingerprint density at radius 3 is 2.45 bits per heavy atom. The molecule has 0 amide bonds. The van der Waals surface area contributed by atoms with Gasteiger partial charge < -0.3 is 9.64 Å². The van der Waals surface area contributed by atoms with Gasteiger partial charge in [0.05, 0.1) is 23.7 Å². The standard InChI is InChI=1S/C29H55N9O3S3/c1-20-19-23(35-34-20)31-25-24(41-6)26(38-16-14-37(15-17-38)13-12-36(4)5)33-28(32-25)43-21-7-9-22(10-8-21)44(39,40)29(2,3)27-30-11-18-42-27/h11,18,20-26,28,31-35H,7-10,12-17,19H2,1-6H3. The van der Waals surface area contributed by atoms with Gasteiger partial charge in [-0.05, 0) is 67.0 Å². The lowest BCUT2D eigenvalue weighted by atomic mass is 10.00. The van der Waals surface area contributed by atoms with Crippen LogP contribution in [0, 0.1) is 0 Å². The van der Waals surface area contributed by atoms with Crippen molar-refractivity contribution in [1.82, 2.24) is 46.5 Å². The number of piperazine rings is 1. The summed E-state index contributed by atoms with van der Waals surface area (Å²) in [5, 5.41) is 14.1. The summed E-state index contributed by atoms with van der Waals surface area (Å²) in [6, 6.07) is 0.401. The van der Waals surface area contributed by atoms with Gasteiger partial charge in [-0.1, -0.05) is 0 Å². The zero-order chi connectivity index (χ0) is 31.5. The average Bonchev–Trinajstić information content (AvgIpc) is 3.69. The van der Waals surface area contributed by atoms with Crippen LogP contribution in [0.3, 0.4) is 0 Å². The van der Waals surface area contributed by atoms with Gasteiger partial charge in [-0.25, -0.2) is 18.8 Å². The number of thiazole rings is 1. The molecule has 5 rings (SSSR count). The second kappa shape index (κ2) is 15.2. The molecule has 12 nitrogen and oxygen atoms in total. The number of nitrogens with one attached hydrogen (secondary N) is 5. The lowest BCUT2D eigenvalue weighted by molar-refractivity contribution is -0.0680. The molecule has 1 aromatic rings. The molecule has 1 aliphatic carbocycles. The van der Waals surface area contributed by atoms with E-state index in [0.29, 0.717) is 29.1 Å². The summed E-state index contributed by atoms with van der Waals surface area (Å²) >= 11 is 3.34. The normalized spacial score (nSPS) is 35.0. The van der Waals surface area contributed by atoms with Gasteiger partial charge in [0, 0.05) is 69.2 Å². The maximum atomic E-state index is 13.7. The number of aromatic nitrogens is 1. The Hall–Kier alpha value is -0.430. The molecule has 1 aromatic heterocycles. The number of hydrazine groups is 1. The van der Waals surface area contributed by atoms with Gasteiger partial charge in [0.15, 0.2) is 9.84 Å². The summed E-state index contributed by atoms with van der Waals surface area (Å²) in [6.45, 7) is 12.1. The van der Waals surface area contributed by atoms with Crippen molar-refractivity contribution in [1.29, 1.82) is 0 Å². The van der Waals surface area contributed by atoms with Crippen molar-refractivity contribution in [2.45, 2.75) is 104 Å². The lowest BCUT2D eigenvalue weighted by Crippen LogP contribution is -2.75. The summed E-state index contributed by atoms with van der Waals surface area (Å²) in [5.74, 6) is 0. The maximum Gasteiger partial charge on any atom is 0.164 e. The van der Waals surface area contributed by atoms with Crippen molar-refractivity contribution in [3.8, 4) is 0 Å². The Balaban J connectivity index is 1.22. The van der Waals surface area contributed by atoms with Crippen molar-refractivity contribution in [2.75, 3.05) is 60.5 Å². The highest BCUT2D eigenvalue weighted by Crippen LogP contribution is 2.41. The highest BCUT2D eigenvalue weighted by Gasteiger charge is 2.46. The molecule has 0 aromatic carbocycles. The Morgan fingerprint density at radius 1 is 1.14 bits per heavy atom. The topological polar surface area (TPSA) is 126 Å². The quantitative estimate of drug-likeness (QED) is 0.217. The van der Waals surface area contributed by atoms with Crippen LogP contribution in [0.15, 0.2) is 11.6 Å². The SMILES string of the molecule is COC1C(NC2CC(C)NN2)NC(SC2CCC(S(=O)(=O)C(C)(C)c3nccs3)CC2)NC1N1CCN(CCN(C)C)CC1. The molecule has 4 aliphatic rings. The van der Waals surface area contributed by atoms with Gasteiger partial charge in [-0.15, -0.1) is 23.1 Å². The number of rotatable bonds is 12. The van der Waals surface area contributed by atoms with Crippen molar-refractivity contribution in [2.24, 2.45) is 0 Å². The predicted octanol–water partition coefficient (Wildman–Crippen LogP) is 0.962. The fourth-order valence-corrected chi connectivity index (χ4v) is 11.5. The molecule has 1 saturated carbocycles. The van der Waals surface area contributed by atoms with Crippen LogP contribution in [0.4, 0.5) is 0 Å². The van der Waals surface area contributed by atoms with Crippen LogP contribution in [0.25, 0.3) is 0 Å². The highest BCUT2D eigenvalue weighted by molar-refractivity contribution is 8.00. The monoisotopic (exact) mass is 673 g/mol. The Kier molecular flexibility index (Phi) is 12.1. The average molecular weight is 674 g/mol. The van der Waals surface area contributed by atoms with Gasteiger partial charge in [0.1, 0.15) is 21.4 Å². The molecule has 0 spiro atoms. The van der Waals surface area contributed by atoms with Crippen LogP contribution in [-0.4, -0.2) is 135 Å². The Morgan fingerprint density at radius 2 is 1.86 bits per heavy atom. The third-order valence-corrected chi connectivity index (χ3v) is 15.3. The summed E-state index contributed by atoms with van der Waals surface area (Å²) in [5.41, 5.74) is 6.74. The van der Waals surface area contributed by atoms with Crippen LogP contribution in [-0.2, 0) is 19.3 Å². The number of methoxy groups -OCH3 is 1. The first-order valence-electron chi connectivity index (χ1n) is 16.2. The molecular weight excluding hydrogens is 619 g/mol. The second-order valence-electron chi connectivity index (χ2n) is 13.6. The number of likely N-dealkylation sites (N-methyl/N-ethyl adjacent to an activating group) is 1. The number of hydrogen-bond acceptors (Lipinski definition) is 14. The van der Waals surface area contributed by atoms with Crippen molar-refractivity contribution in [3.05, 3.63) is 16.6 Å². The van der Waals surface area contributed by atoms with Crippen molar-refractivity contribution in [3.63, 3.8) is 0 Å². The molecule has 44 heavy (non-hydrogen) atoms. The van der Waals surface area contributed by atoms with E-state index in [4.69, 9.17) is 4.74 Å². The first-order chi connectivity index (χ1) is 21.0. The highest BCUT2D eigenvalue weighted by atomic mass is 32.2. The minimum atomic E-state index is -3.36. The molecule has 6 unspecified atom stereocenters. The third kappa shape index (κ3) is 8.16. The summed E-state index contributed by atoms with van der Waals surface area (Å²) in [7, 11) is 2.72. The zero-order valence-corrected chi connectivity index (χ0v) is 29.7. The molecule has 0 bridgehead atoms. The molecule has 3 aliphatic heterocycles. The van der Waals surface area contributed by atoms with Crippen molar-refractivity contribution < 1.29 is 13.2 Å². The van der Waals surface area contributed by atoms with Crippen LogP contribution >= 0.6 is 23.1 Å². The number of hydrogen-bond donors (Lipinski definition) is 5. The lowest BCUT2D eigenvalue weighted by Gasteiger charge is -2.50. The first kappa shape index (κ1) is 34.9. The van der Waals surface area contributed by atoms with E-state index < -0.39 is 14.6 Å². The number of ether oxygens (including phenoxy) is 1. The van der Waals surface area contributed by atoms with Crippen LogP contribution < -0.4 is 26.8 Å². The van der Waals surface area contributed by atoms with E-state index in [1.165, 1.54) is 11.3 Å². The molecule has 4 heterocycles. The Labute approximate surface area is 273 Å². The summed E-state index contributed by atoms with van der Waals surface area (Å²) in [4.78, 5) is 11.7. The number of sulfone groups is 1. The molecular formula is C29H55N9O3S3. The fourth-order valence-electron chi connectivity index (χ4n) is 6.92. The first-order valence-corrected chi connectivity index (χ1v) is 19.6. The minimum Gasteiger partial charge on any atom is -0.375 e. The van der Waals surface area contributed by atoms with E-state index in [9.17, 15) is 8.42 Å². The maximum absolute atomic E-state index is 13.7. The molecule has 15 heteroatoms. The molecule has 6 atom stereocenters. The van der Waals surface area contributed by atoms with Gasteiger partial charge in [-0.2, -0.15) is 0 Å². The molecule has 5 N–H and O–H groups in total. The van der Waals surface area contributed by atoms with E-state index in [0.717, 1.165) is 58.5 Å².